The van der Waals surface area contributed by atoms with Gasteiger partial charge < -0.3 is 5.32 Å². The summed E-state index contributed by atoms with van der Waals surface area (Å²) in [5.41, 5.74) is 1.47. The highest BCUT2D eigenvalue weighted by molar-refractivity contribution is 6.31. The molecule has 0 aromatic heterocycles. The van der Waals surface area contributed by atoms with Crippen LogP contribution in [0.3, 0.4) is 0 Å². The number of halogens is 1. The first-order chi connectivity index (χ1) is 12.9. The minimum Gasteiger partial charge on any atom is -0.324 e. The van der Waals surface area contributed by atoms with Crippen molar-refractivity contribution < 1.29 is 14.4 Å². The summed E-state index contributed by atoms with van der Waals surface area (Å²) in [4.78, 5) is 40.2. The number of amides is 3. The third-order valence-corrected chi connectivity index (χ3v) is 7.16. The number of anilines is 1. The molecule has 0 radical (unpaired) electrons. The first kappa shape index (κ1) is 17.0. The van der Waals surface area contributed by atoms with E-state index in [9.17, 15) is 14.4 Å². The molecule has 1 saturated heterocycles. The summed E-state index contributed by atoms with van der Waals surface area (Å²) >= 11 is 6.02. The molecular formula is C21H21ClN2O3. The van der Waals surface area contributed by atoms with Crippen LogP contribution in [0.2, 0.25) is 5.02 Å². The van der Waals surface area contributed by atoms with Crippen molar-refractivity contribution in [2.24, 2.45) is 35.5 Å². The van der Waals surface area contributed by atoms with E-state index in [2.05, 4.69) is 17.5 Å². The molecule has 140 valence electrons. The molecule has 1 aromatic rings. The van der Waals surface area contributed by atoms with E-state index in [1.165, 1.54) is 4.90 Å². The monoisotopic (exact) mass is 384 g/mol. The summed E-state index contributed by atoms with van der Waals surface area (Å²) in [6.45, 7) is 3.49. The fraction of sp³-hybridized carbons (Fsp3) is 0.476. The molecule has 5 aliphatic rings. The molecule has 1 aromatic carbocycles. The molecule has 1 N–H and O–H groups in total. The van der Waals surface area contributed by atoms with Crippen LogP contribution in [0.25, 0.3) is 0 Å². The van der Waals surface area contributed by atoms with Crippen molar-refractivity contribution >= 4 is 35.0 Å². The smallest absolute Gasteiger partial charge is 0.247 e. The Morgan fingerprint density at radius 2 is 1.74 bits per heavy atom. The summed E-state index contributed by atoms with van der Waals surface area (Å²) in [6, 6.07) is 4.40. The van der Waals surface area contributed by atoms with Gasteiger partial charge in [0.15, 0.2) is 0 Å². The normalized spacial score (nSPS) is 36.5. The molecule has 0 unspecified atom stereocenters. The van der Waals surface area contributed by atoms with E-state index in [1.54, 1.807) is 19.1 Å². The summed E-state index contributed by atoms with van der Waals surface area (Å²) in [5.74, 6) is 0.145. The molecular weight excluding hydrogens is 364 g/mol. The van der Waals surface area contributed by atoms with E-state index in [-0.39, 0.29) is 41.4 Å². The van der Waals surface area contributed by atoms with Crippen molar-refractivity contribution in [3.8, 4) is 0 Å². The van der Waals surface area contributed by atoms with Crippen LogP contribution in [0.1, 0.15) is 18.9 Å². The van der Waals surface area contributed by atoms with Crippen LogP contribution in [-0.2, 0) is 14.4 Å². The van der Waals surface area contributed by atoms with Crippen molar-refractivity contribution in [1.29, 1.82) is 0 Å². The molecule has 3 amide bonds. The van der Waals surface area contributed by atoms with Crippen molar-refractivity contribution in [3.63, 3.8) is 0 Å². The number of carbonyl (C=O) groups is 3. The number of nitrogens with one attached hydrogen (secondary N) is 1. The number of nitrogens with zero attached hydrogens (tertiary/aromatic N) is 1. The molecule has 2 saturated carbocycles. The van der Waals surface area contributed by atoms with E-state index in [4.69, 9.17) is 11.6 Å². The molecule has 4 aliphatic carbocycles. The van der Waals surface area contributed by atoms with Gasteiger partial charge in [-0.3, -0.25) is 19.3 Å². The first-order valence-electron chi connectivity index (χ1n) is 9.50. The van der Waals surface area contributed by atoms with Gasteiger partial charge in [-0.2, -0.15) is 0 Å². The first-order valence-corrected chi connectivity index (χ1v) is 9.88. The standard InChI is InChI=1S/C21H21ClN2O3/c1-9-3-4-11(22)7-16(9)23-19(25)10(2)24-20(26)17-12-5-6-13(15-8-14(12)15)18(17)21(24)27/h3-7,10,12-15,17-18H,8H2,1-2H3,(H,23,25)/t10-,12+,13+,14+,15+,17-,18-/m0/s1. The third kappa shape index (κ3) is 2.34. The van der Waals surface area contributed by atoms with Crippen LogP contribution in [0.5, 0.6) is 0 Å². The SMILES string of the molecule is Cc1ccc(Cl)cc1NC(=O)[C@H](C)N1C(=O)[C@H]2[C@@H]3C=C[C@H]([C@H]4C[C@H]34)[C@@H]2C1=O. The number of rotatable bonds is 3. The van der Waals surface area contributed by atoms with Gasteiger partial charge in [-0.05, 0) is 61.6 Å². The largest absolute Gasteiger partial charge is 0.324 e. The molecule has 2 bridgehead atoms. The van der Waals surface area contributed by atoms with E-state index < -0.39 is 6.04 Å². The van der Waals surface area contributed by atoms with Gasteiger partial charge in [-0.25, -0.2) is 0 Å². The van der Waals surface area contributed by atoms with E-state index in [1.807, 2.05) is 13.0 Å². The minimum absolute atomic E-state index is 0.164. The second kappa shape index (κ2) is 5.68. The average molecular weight is 385 g/mol. The number of imide groups is 1. The van der Waals surface area contributed by atoms with Crippen LogP contribution in [0, 0.1) is 42.4 Å². The molecule has 3 fully saturated rings. The van der Waals surface area contributed by atoms with Crippen LogP contribution < -0.4 is 5.32 Å². The lowest BCUT2D eigenvalue weighted by Gasteiger charge is -2.37. The van der Waals surface area contributed by atoms with E-state index >= 15 is 0 Å². The van der Waals surface area contributed by atoms with Gasteiger partial charge in [0.1, 0.15) is 6.04 Å². The minimum atomic E-state index is -0.843. The van der Waals surface area contributed by atoms with Crippen molar-refractivity contribution in [1.82, 2.24) is 4.90 Å². The highest BCUT2D eigenvalue weighted by atomic mass is 35.5. The molecule has 27 heavy (non-hydrogen) atoms. The third-order valence-electron chi connectivity index (χ3n) is 6.92. The van der Waals surface area contributed by atoms with E-state index in [0.29, 0.717) is 22.5 Å². The van der Waals surface area contributed by atoms with Gasteiger partial charge in [-0.15, -0.1) is 0 Å². The molecule has 1 aliphatic heterocycles. The van der Waals surface area contributed by atoms with Crippen molar-refractivity contribution in [2.45, 2.75) is 26.3 Å². The zero-order valence-electron chi connectivity index (χ0n) is 15.2. The van der Waals surface area contributed by atoms with Crippen LogP contribution >= 0.6 is 11.6 Å². The number of carbonyl (C=O) groups excluding carboxylic acids is 3. The van der Waals surface area contributed by atoms with Crippen molar-refractivity contribution in [3.05, 3.63) is 40.9 Å². The summed E-state index contributed by atoms with van der Waals surface area (Å²) in [6.07, 6.45) is 5.39. The van der Waals surface area contributed by atoms with Gasteiger partial charge >= 0.3 is 0 Å². The maximum atomic E-state index is 13.1. The molecule has 6 rings (SSSR count). The zero-order chi connectivity index (χ0) is 19.0. The number of allylic oxidation sites excluding steroid dienone is 2. The predicted octanol–water partition coefficient (Wildman–Crippen LogP) is 3.03. The Hall–Kier alpha value is -2.14. The maximum absolute atomic E-state index is 13.1. The van der Waals surface area contributed by atoms with Gasteiger partial charge in [-0.1, -0.05) is 29.8 Å². The fourth-order valence-electron chi connectivity index (χ4n) is 5.45. The number of hydrogen-bond acceptors (Lipinski definition) is 3. The molecule has 6 heteroatoms. The highest BCUT2D eigenvalue weighted by Crippen LogP contribution is 2.65. The average Bonchev–Trinajstić information content (AvgIpc) is 3.42. The Kier molecular flexibility index (Phi) is 3.57. The quantitative estimate of drug-likeness (QED) is 0.643. The number of aryl methyl sites for hydroxylation is 1. The number of likely N-dealkylation sites (tertiary alicyclic amines) is 1. The van der Waals surface area contributed by atoms with Gasteiger partial charge in [0.05, 0.1) is 11.8 Å². The molecule has 7 atom stereocenters. The number of hydrogen-bond donors (Lipinski definition) is 1. The number of benzene rings is 1. The summed E-state index contributed by atoms with van der Waals surface area (Å²) in [7, 11) is 0. The second-order valence-corrected chi connectivity index (χ2v) is 8.76. The lowest BCUT2D eigenvalue weighted by atomic mass is 9.63. The van der Waals surface area contributed by atoms with Gasteiger partial charge in [0, 0.05) is 10.7 Å². The Labute approximate surface area is 162 Å². The fourth-order valence-corrected chi connectivity index (χ4v) is 5.62. The lowest BCUT2D eigenvalue weighted by Crippen LogP contribution is -2.46. The molecule has 0 spiro atoms. The lowest BCUT2D eigenvalue weighted by molar-refractivity contribution is -0.146. The Bertz CT molecular complexity index is 875. The second-order valence-electron chi connectivity index (χ2n) is 8.33. The Morgan fingerprint density at radius 3 is 2.33 bits per heavy atom. The van der Waals surface area contributed by atoms with Crippen LogP contribution in [0.15, 0.2) is 30.4 Å². The highest BCUT2D eigenvalue weighted by Gasteiger charge is 2.67. The maximum Gasteiger partial charge on any atom is 0.247 e. The van der Waals surface area contributed by atoms with Gasteiger partial charge in [0.25, 0.3) is 0 Å². The predicted molar refractivity (Wildman–Crippen MR) is 101 cm³/mol. The Morgan fingerprint density at radius 1 is 1.15 bits per heavy atom. The zero-order valence-corrected chi connectivity index (χ0v) is 15.9. The van der Waals surface area contributed by atoms with Crippen molar-refractivity contribution in [2.75, 3.05) is 5.32 Å². The van der Waals surface area contributed by atoms with Gasteiger partial charge in [0.2, 0.25) is 17.7 Å². The van der Waals surface area contributed by atoms with Crippen LogP contribution in [0.4, 0.5) is 5.69 Å². The molecule has 5 nitrogen and oxygen atoms in total. The summed E-state index contributed by atoms with van der Waals surface area (Å²) in [5, 5.41) is 3.34. The topological polar surface area (TPSA) is 66.5 Å². The van der Waals surface area contributed by atoms with Crippen LogP contribution in [-0.4, -0.2) is 28.7 Å². The van der Waals surface area contributed by atoms with E-state index in [0.717, 1.165) is 12.0 Å². The Balaban J connectivity index is 1.39. The molecule has 1 heterocycles. The summed E-state index contributed by atoms with van der Waals surface area (Å²) < 4.78 is 0.